The molecular formula is Br6Mn. The maximum atomic E-state index is 3.32. The van der Waals surface area contributed by atoms with Crippen molar-refractivity contribution < 1.29 is -0.114 Å². The predicted octanol–water partition coefficient (Wildman–Crippen LogP) is 5.07. The van der Waals surface area contributed by atoms with Crippen molar-refractivity contribution in [1.82, 2.24) is 0 Å². The van der Waals surface area contributed by atoms with Crippen molar-refractivity contribution in [2.45, 2.75) is 0 Å². The SMILES string of the molecule is [Br][Mn]([Br])([Br])([Br])([Br])[Br]. The van der Waals surface area contributed by atoms with Crippen molar-refractivity contribution in [3.05, 3.63) is 0 Å². The fraction of sp³-hybridized carbons (Fsp3) is 0. The molecule has 0 aliphatic carbocycles. The van der Waals surface area contributed by atoms with Crippen LogP contribution in [0.3, 0.4) is 0 Å². The van der Waals surface area contributed by atoms with Crippen LogP contribution in [0.2, 0.25) is 0 Å². The van der Waals surface area contributed by atoms with Gasteiger partial charge >= 0.3 is 84.5 Å². The minimum atomic E-state index is -2.98. The van der Waals surface area contributed by atoms with Gasteiger partial charge in [-0.1, -0.05) is 0 Å². The van der Waals surface area contributed by atoms with Gasteiger partial charge in [-0.2, -0.15) is 0 Å². The normalized spacial score (nSPS) is 23.1. The summed E-state index contributed by atoms with van der Waals surface area (Å²) in [5.74, 6) is 0. The van der Waals surface area contributed by atoms with Crippen LogP contribution in [-0.2, 0) is -0.114 Å². The molecule has 0 aromatic carbocycles. The molecule has 0 aliphatic rings. The Morgan fingerprint density at radius 3 is 0.571 bits per heavy atom. The van der Waals surface area contributed by atoms with Gasteiger partial charge < -0.3 is 0 Å². The van der Waals surface area contributed by atoms with Gasteiger partial charge in [-0.3, -0.25) is 0 Å². The van der Waals surface area contributed by atoms with Gasteiger partial charge in [-0.05, 0) is 0 Å². The first-order valence-electron chi connectivity index (χ1n) is 0.857. The first-order chi connectivity index (χ1) is 2.45. The van der Waals surface area contributed by atoms with E-state index in [1.54, 1.807) is 0 Å². The Morgan fingerprint density at radius 1 is 0.571 bits per heavy atom. The zero-order valence-corrected chi connectivity index (χ0v) is 13.3. The zero-order chi connectivity index (χ0) is 6.41. The van der Waals surface area contributed by atoms with Gasteiger partial charge in [0.15, 0.2) is 0 Å². The quantitative estimate of drug-likeness (QED) is 0.381. The third kappa shape index (κ3) is 44.5. The molecule has 0 unspecified atom stereocenters. The summed E-state index contributed by atoms with van der Waals surface area (Å²) in [6.45, 7) is 0. The predicted molar refractivity (Wildman–Crippen MR) is 53.6 cm³/mol. The summed E-state index contributed by atoms with van der Waals surface area (Å²) in [7, 11) is 0. The van der Waals surface area contributed by atoms with Crippen LogP contribution in [-0.4, -0.2) is 0 Å². The van der Waals surface area contributed by atoms with Crippen molar-refractivity contribution in [3.8, 4) is 0 Å². The molecule has 0 aromatic rings. The molecule has 0 fully saturated rings. The van der Waals surface area contributed by atoms with Gasteiger partial charge in [-0.15, -0.1) is 0 Å². The fourth-order valence-corrected chi connectivity index (χ4v) is 0. The van der Waals surface area contributed by atoms with Gasteiger partial charge in [0.05, 0.1) is 0 Å². The minimum absolute atomic E-state index is 2.98. The molecule has 0 spiro atoms. The van der Waals surface area contributed by atoms with Gasteiger partial charge in [0.1, 0.15) is 0 Å². The number of hydrogen-bond acceptors (Lipinski definition) is 0. The Hall–Kier alpha value is 3.40. The first kappa shape index (κ1) is 10.4. The van der Waals surface area contributed by atoms with Crippen LogP contribution in [0.15, 0.2) is 0 Å². The van der Waals surface area contributed by atoms with Crippen molar-refractivity contribution in [1.29, 1.82) is 0 Å². The summed E-state index contributed by atoms with van der Waals surface area (Å²) in [5, 5.41) is 0. The van der Waals surface area contributed by atoms with E-state index in [-0.39, 0.29) is 0 Å². The molecule has 0 rings (SSSR count). The second-order valence-corrected chi connectivity index (χ2v) is 90.2. The van der Waals surface area contributed by atoms with Crippen molar-refractivity contribution >= 4 is 84.7 Å². The molecule has 0 amide bonds. The molecule has 0 radical (unpaired) electrons. The van der Waals surface area contributed by atoms with Crippen molar-refractivity contribution in [2.75, 3.05) is 0 Å². The Bertz CT molecular complexity index is 62.7. The molecule has 49 valence electrons. The topological polar surface area (TPSA) is 0 Å². The van der Waals surface area contributed by atoms with Gasteiger partial charge in [0, 0.05) is 0 Å². The van der Waals surface area contributed by atoms with Crippen LogP contribution in [0, 0.1) is 0 Å². The third-order valence-electron chi connectivity index (χ3n) is 0. The monoisotopic (exact) mass is 528 g/mol. The van der Waals surface area contributed by atoms with Crippen LogP contribution in [0.25, 0.3) is 0 Å². The van der Waals surface area contributed by atoms with E-state index in [9.17, 15) is 0 Å². The molecule has 7 heavy (non-hydrogen) atoms. The number of rotatable bonds is 0. The number of halogens is 6. The van der Waals surface area contributed by atoms with E-state index in [1.807, 2.05) is 0 Å². The molecule has 0 nitrogen and oxygen atoms in total. The molecule has 0 N–H and O–H groups in total. The average molecular weight is 534 g/mol. The van der Waals surface area contributed by atoms with Crippen LogP contribution in [0.1, 0.15) is 0 Å². The van der Waals surface area contributed by atoms with E-state index in [4.69, 9.17) is 0 Å². The van der Waals surface area contributed by atoms with Crippen molar-refractivity contribution in [3.63, 3.8) is 0 Å². The number of hydrogen-bond donors (Lipinski definition) is 0. The summed E-state index contributed by atoms with van der Waals surface area (Å²) in [6.07, 6.45) is 0. The Labute approximate surface area is 82.6 Å². The second kappa shape index (κ2) is 1.96. The molecule has 0 saturated heterocycles. The molecule has 0 aliphatic heterocycles. The summed E-state index contributed by atoms with van der Waals surface area (Å²) in [6, 6.07) is 0. The van der Waals surface area contributed by atoms with Gasteiger partial charge in [0.2, 0.25) is 0 Å². The summed E-state index contributed by atoms with van der Waals surface area (Å²) in [5.41, 5.74) is 0. The van der Waals surface area contributed by atoms with E-state index in [2.05, 4.69) is 84.7 Å². The summed E-state index contributed by atoms with van der Waals surface area (Å²) < 4.78 is -2.98. The van der Waals surface area contributed by atoms with E-state index in [0.29, 0.717) is 0 Å². The van der Waals surface area contributed by atoms with E-state index in [1.165, 1.54) is 0 Å². The van der Waals surface area contributed by atoms with Crippen LogP contribution in [0.4, 0.5) is 0 Å². The molecule has 0 heterocycles. The van der Waals surface area contributed by atoms with E-state index in [0.717, 1.165) is 0 Å². The maximum absolute atomic E-state index is 3.32. The van der Waals surface area contributed by atoms with Gasteiger partial charge in [0.25, 0.3) is 0 Å². The fourth-order valence-electron chi connectivity index (χ4n) is 0. The molecular weight excluding hydrogens is 534 g/mol. The standard InChI is InChI=1S/6BrH.Mn/h6*1H;/q;;;;;;+6/p-6. The Morgan fingerprint density at radius 2 is 0.571 bits per heavy atom. The third-order valence-corrected chi connectivity index (χ3v) is 0. The molecule has 7 heteroatoms. The van der Waals surface area contributed by atoms with Crippen LogP contribution < -0.4 is 0 Å². The summed E-state index contributed by atoms with van der Waals surface area (Å²) in [4.78, 5) is 0. The molecule has 0 atom stereocenters. The molecule has 0 aromatic heterocycles. The zero-order valence-electron chi connectivity index (χ0n) is 2.65. The Kier molecular flexibility index (Phi) is 2.91. The first-order valence-corrected chi connectivity index (χ1v) is 18.4. The molecule has 0 saturated carbocycles. The summed E-state index contributed by atoms with van der Waals surface area (Å²) >= 11 is 19.9. The van der Waals surface area contributed by atoms with Crippen molar-refractivity contribution in [2.24, 2.45) is 0 Å². The van der Waals surface area contributed by atoms with E-state index >= 15 is 0 Å². The van der Waals surface area contributed by atoms with Gasteiger partial charge in [-0.25, -0.2) is 0 Å². The van der Waals surface area contributed by atoms with Crippen LogP contribution >= 0.6 is 84.7 Å². The average Bonchev–Trinajstić information content (AvgIpc) is 0.592. The molecule has 0 bridgehead atoms. The van der Waals surface area contributed by atoms with Crippen LogP contribution in [0.5, 0.6) is 0 Å². The Balaban J connectivity index is 4.43. The van der Waals surface area contributed by atoms with E-state index < -0.39 is -0.114 Å². The second-order valence-electron chi connectivity index (χ2n) is 0.810.